The molecule has 0 aliphatic rings. The molecular formula is C21H22N4O2. The first-order valence-corrected chi connectivity index (χ1v) is 8.77. The zero-order valence-corrected chi connectivity index (χ0v) is 15.6. The van der Waals surface area contributed by atoms with Gasteiger partial charge < -0.3 is 15.4 Å². The van der Waals surface area contributed by atoms with E-state index in [0.717, 1.165) is 16.8 Å². The van der Waals surface area contributed by atoms with Crippen LogP contribution < -0.4 is 10.6 Å². The van der Waals surface area contributed by atoms with Gasteiger partial charge in [-0.25, -0.2) is 14.8 Å². The highest BCUT2D eigenvalue weighted by atomic mass is 16.5. The van der Waals surface area contributed by atoms with Crippen LogP contribution in [0.25, 0.3) is 0 Å². The van der Waals surface area contributed by atoms with Crippen LogP contribution in [-0.4, -0.2) is 22.5 Å². The Labute approximate surface area is 158 Å². The molecular weight excluding hydrogens is 340 g/mol. The van der Waals surface area contributed by atoms with E-state index in [9.17, 15) is 4.79 Å². The van der Waals surface area contributed by atoms with E-state index >= 15 is 0 Å². The summed E-state index contributed by atoms with van der Waals surface area (Å²) >= 11 is 0. The molecule has 2 N–H and O–H groups in total. The van der Waals surface area contributed by atoms with Crippen LogP contribution in [0.15, 0.2) is 54.9 Å². The van der Waals surface area contributed by atoms with Gasteiger partial charge in [0.1, 0.15) is 18.0 Å². The SMILES string of the molecule is CCOC(=O)c1ccccc1Nc1cc(Nc2c(C)cccc2C)ncn1. The summed E-state index contributed by atoms with van der Waals surface area (Å²) in [6.07, 6.45) is 1.48. The zero-order valence-electron chi connectivity index (χ0n) is 15.6. The molecule has 1 heterocycles. The maximum Gasteiger partial charge on any atom is 0.340 e. The highest BCUT2D eigenvalue weighted by Crippen LogP contribution is 2.25. The lowest BCUT2D eigenvalue weighted by atomic mass is 10.1. The minimum Gasteiger partial charge on any atom is -0.462 e. The van der Waals surface area contributed by atoms with Gasteiger partial charge in [-0.3, -0.25) is 0 Å². The van der Waals surface area contributed by atoms with E-state index in [1.54, 1.807) is 25.1 Å². The number of aryl methyl sites for hydroxylation is 2. The van der Waals surface area contributed by atoms with Gasteiger partial charge >= 0.3 is 5.97 Å². The van der Waals surface area contributed by atoms with E-state index in [1.165, 1.54) is 6.33 Å². The van der Waals surface area contributed by atoms with Gasteiger partial charge in [-0.1, -0.05) is 30.3 Å². The molecule has 3 rings (SSSR count). The molecule has 6 nitrogen and oxygen atoms in total. The summed E-state index contributed by atoms with van der Waals surface area (Å²) in [5.74, 6) is 0.873. The van der Waals surface area contributed by atoms with Crippen molar-refractivity contribution in [3.05, 3.63) is 71.5 Å². The number of hydrogen-bond donors (Lipinski definition) is 2. The quantitative estimate of drug-likeness (QED) is 0.616. The summed E-state index contributed by atoms with van der Waals surface area (Å²) in [6, 6.07) is 15.1. The molecule has 0 fully saturated rings. The van der Waals surface area contributed by atoms with Crippen molar-refractivity contribution in [1.82, 2.24) is 9.97 Å². The first-order chi connectivity index (χ1) is 13.1. The van der Waals surface area contributed by atoms with Crippen LogP contribution in [0.2, 0.25) is 0 Å². The molecule has 1 aromatic heterocycles. The average Bonchev–Trinajstić information content (AvgIpc) is 2.66. The van der Waals surface area contributed by atoms with E-state index in [1.807, 2.05) is 44.2 Å². The Hall–Kier alpha value is -3.41. The van der Waals surface area contributed by atoms with Crippen LogP contribution in [0.3, 0.4) is 0 Å². The van der Waals surface area contributed by atoms with Crippen LogP contribution in [0, 0.1) is 13.8 Å². The van der Waals surface area contributed by atoms with Gasteiger partial charge in [-0.2, -0.15) is 0 Å². The number of benzene rings is 2. The molecule has 0 bridgehead atoms. The smallest absolute Gasteiger partial charge is 0.340 e. The van der Waals surface area contributed by atoms with E-state index < -0.39 is 0 Å². The number of esters is 1. The Morgan fingerprint density at radius 3 is 2.33 bits per heavy atom. The van der Waals surface area contributed by atoms with Crippen LogP contribution in [0.1, 0.15) is 28.4 Å². The predicted molar refractivity (Wildman–Crippen MR) is 107 cm³/mol. The summed E-state index contributed by atoms with van der Waals surface area (Å²) in [7, 11) is 0. The van der Waals surface area contributed by atoms with Crippen LogP contribution in [0.5, 0.6) is 0 Å². The fourth-order valence-electron chi connectivity index (χ4n) is 2.75. The highest BCUT2D eigenvalue weighted by molar-refractivity contribution is 5.96. The largest absolute Gasteiger partial charge is 0.462 e. The molecule has 27 heavy (non-hydrogen) atoms. The van der Waals surface area contributed by atoms with E-state index in [0.29, 0.717) is 29.5 Å². The third-order valence-electron chi connectivity index (χ3n) is 4.09. The molecule has 0 atom stereocenters. The number of ether oxygens (including phenoxy) is 1. The van der Waals surface area contributed by atoms with Crippen molar-refractivity contribution in [2.24, 2.45) is 0 Å². The number of nitrogens with one attached hydrogen (secondary N) is 2. The maximum absolute atomic E-state index is 12.1. The number of para-hydroxylation sites is 2. The van der Waals surface area contributed by atoms with Crippen LogP contribution in [0.4, 0.5) is 23.0 Å². The molecule has 2 aromatic carbocycles. The van der Waals surface area contributed by atoms with E-state index in [4.69, 9.17) is 4.74 Å². The first-order valence-electron chi connectivity index (χ1n) is 8.77. The molecule has 0 saturated carbocycles. The van der Waals surface area contributed by atoms with Crippen molar-refractivity contribution in [2.45, 2.75) is 20.8 Å². The Kier molecular flexibility index (Phi) is 5.66. The summed E-state index contributed by atoms with van der Waals surface area (Å²) < 4.78 is 5.11. The second kappa shape index (κ2) is 8.31. The van der Waals surface area contributed by atoms with Crippen LogP contribution >= 0.6 is 0 Å². The second-order valence-electron chi connectivity index (χ2n) is 6.07. The lowest BCUT2D eigenvalue weighted by Crippen LogP contribution is -2.08. The minimum absolute atomic E-state index is 0.324. The normalized spacial score (nSPS) is 10.3. The van der Waals surface area contributed by atoms with Gasteiger partial charge in [0.05, 0.1) is 17.9 Å². The van der Waals surface area contributed by atoms with Gasteiger partial charge in [0.2, 0.25) is 0 Å². The molecule has 0 spiro atoms. The topological polar surface area (TPSA) is 76.1 Å². The van der Waals surface area contributed by atoms with Gasteiger partial charge in [0.25, 0.3) is 0 Å². The Morgan fingerprint density at radius 1 is 0.963 bits per heavy atom. The Bertz CT molecular complexity index is 936. The summed E-state index contributed by atoms with van der Waals surface area (Å²) in [5, 5.41) is 6.52. The van der Waals surface area contributed by atoms with Gasteiger partial charge in [0.15, 0.2) is 0 Å². The molecule has 0 saturated heterocycles. The minimum atomic E-state index is -0.372. The summed E-state index contributed by atoms with van der Waals surface area (Å²) in [6.45, 7) is 6.20. The third-order valence-corrected chi connectivity index (χ3v) is 4.09. The number of aromatic nitrogens is 2. The fraction of sp³-hybridized carbons (Fsp3) is 0.190. The van der Waals surface area contributed by atoms with Gasteiger partial charge in [-0.05, 0) is 44.0 Å². The molecule has 138 valence electrons. The molecule has 6 heteroatoms. The van der Waals surface area contributed by atoms with Crippen molar-refractivity contribution in [3.8, 4) is 0 Å². The van der Waals surface area contributed by atoms with Crippen molar-refractivity contribution >= 4 is 29.0 Å². The molecule has 0 amide bonds. The number of nitrogens with zero attached hydrogens (tertiary/aromatic N) is 2. The Balaban J connectivity index is 1.84. The number of anilines is 4. The lowest BCUT2D eigenvalue weighted by Gasteiger charge is -2.14. The fourth-order valence-corrected chi connectivity index (χ4v) is 2.75. The predicted octanol–water partition coefficient (Wildman–Crippen LogP) is 4.76. The van der Waals surface area contributed by atoms with E-state index in [2.05, 4.69) is 20.6 Å². The van der Waals surface area contributed by atoms with Crippen molar-refractivity contribution in [2.75, 3.05) is 17.2 Å². The average molecular weight is 362 g/mol. The number of hydrogen-bond acceptors (Lipinski definition) is 6. The van der Waals surface area contributed by atoms with Gasteiger partial charge in [0, 0.05) is 11.8 Å². The van der Waals surface area contributed by atoms with Crippen molar-refractivity contribution in [1.29, 1.82) is 0 Å². The third kappa shape index (κ3) is 4.41. The zero-order chi connectivity index (χ0) is 19.2. The Morgan fingerprint density at radius 2 is 1.63 bits per heavy atom. The second-order valence-corrected chi connectivity index (χ2v) is 6.07. The number of carbonyl (C=O) groups is 1. The van der Waals surface area contributed by atoms with Crippen LogP contribution in [-0.2, 0) is 4.74 Å². The highest BCUT2D eigenvalue weighted by Gasteiger charge is 2.12. The molecule has 0 aliphatic carbocycles. The van der Waals surface area contributed by atoms with E-state index in [-0.39, 0.29) is 5.97 Å². The summed E-state index contributed by atoms with van der Waals surface area (Å²) in [4.78, 5) is 20.7. The number of carbonyl (C=O) groups excluding carboxylic acids is 1. The van der Waals surface area contributed by atoms with Crippen molar-refractivity contribution < 1.29 is 9.53 Å². The first kappa shape index (κ1) is 18.4. The molecule has 3 aromatic rings. The molecule has 0 aliphatic heterocycles. The summed E-state index contributed by atoms with van der Waals surface area (Å²) in [5.41, 5.74) is 4.38. The number of rotatable bonds is 6. The molecule has 0 unspecified atom stereocenters. The monoisotopic (exact) mass is 362 g/mol. The van der Waals surface area contributed by atoms with Gasteiger partial charge in [-0.15, -0.1) is 0 Å². The standard InChI is InChI=1S/C21H22N4O2/c1-4-27-21(26)16-10-5-6-11-17(16)24-18-12-19(23-13-22-18)25-20-14(2)8-7-9-15(20)3/h5-13H,4H2,1-3H3,(H2,22,23,24,25). The molecule has 0 radical (unpaired) electrons. The lowest BCUT2D eigenvalue weighted by molar-refractivity contribution is 0.0527. The maximum atomic E-state index is 12.1. The van der Waals surface area contributed by atoms with Crippen molar-refractivity contribution in [3.63, 3.8) is 0 Å².